The fraction of sp³-hybridized carbons (Fsp3) is 0.273. The van der Waals surface area contributed by atoms with E-state index in [0.717, 1.165) is 77.7 Å². The van der Waals surface area contributed by atoms with Crippen LogP contribution >= 0.6 is 23.2 Å². The first-order valence-electron chi connectivity index (χ1n) is 19.7. The van der Waals surface area contributed by atoms with Crippen molar-refractivity contribution in [2.75, 3.05) is 50.9 Å². The molecule has 0 radical (unpaired) electrons. The van der Waals surface area contributed by atoms with E-state index in [1.165, 1.54) is 0 Å². The van der Waals surface area contributed by atoms with E-state index in [1.807, 2.05) is 83.3 Å². The lowest BCUT2D eigenvalue weighted by molar-refractivity contribution is 0.0322. The summed E-state index contributed by atoms with van der Waals surface area (Å²) in [5, 5.41) is 10.5. The van der Waals surface area contributed by atoms with Crippen molar-refractivity contribution in [2.45, 2.75) is 32.6 Å². The molecule has 7 aromatic rings. The molecule has 5 heterocycles. The molecule has 0 bridgehead atoms. The van der Waals surface area contributed by atoms with Gasteiger partial charge >= 0.3 is 0 Å². The van der Waals surface area contributed by atoms with Crippen LogP contribution in [0.2, 0.25) is 10.3 Å². The Morgan fingerprint density at radius 2 is 1.35 bits per heavy atom. The average Bonchev–Trinajstić information content (AvgIpc) is 3.78. The number of halogens is 2. The maximum atomic E-state index is 6.41. The molecule has 0 spiro atoms. The Bertz CT molecular complexity index is 2520. The molecule has 14 nitrogen and oxygen atoms in total. The number of para-hydroxylation sites is 1. The predicted molar refractivity (Wildman–Crippen MR) is 232 cm³/mol. The van der Waals surface area contributed by atoms with Crippen LogP contribution < -0.4 is 16.2 Å². The van der Waals surface area contributed by atoms with Crippen molar-refractivity contribution in [1.29, 1.82) is 0 Å². The van der Waals surface area contributed by atoms with Gasteiger partial charge in [-0.1, -0.05) is 96.0 Å². The molecule has 1 fully saturated rings. The van der Waals surface area contributed by atoms with Gasteiger partial charge in [-0.25, -0.2) is 19.9 Å². The van der Waals surface area contributed by atoms with E-state index in [-0.39, 0.29) is 22.2 Å². The minimum absolute atomic E-state index is 0.0653. The van der Waals surface area contributed by atoms with Gasteiger partial charge in [0.05, 0.1) is 50.1 Å². The van der Waals surface area contributed by atoms with Crippen molar-refractivity contribution in [3.63, 3.8) is 0 Å². The third-order valence-electron chi connectivity index (χ3n) is 10.3. The Labute approximate surface area is 358 Å². The van der Waals surface area contributed by atoms with Gasteiger partial charge in [-0.15, -0.1) is 0 Å². The number of nitrogen functional groups attached to an aromatic ring is 2. The van der Waals surface area contributed by atoms with Crippen LogP contribution in [0.25, 0.3) is 22.8 Å². The van der Waals surface area contributed by atoms with Gasteiger partial charge in [0.2, 0.25) is 11.9 Å². The van der Waals surface area contributed by atoms with Crippen LogP contribution in [-0.2, 0) is 49.1 Å². The zero-order valence-electron chi connectivity index (χ0n) is 33.2. The third kappa shape index (κ3) is 10.1. The van der Waals surface area contributed by atoms with Crippen LogP contribution in [0.5, 0.6) is 5.75 Å². The summed E-state index contributed by atoms with van der Waals surface area (Å²) in [6.45, 7) is 5.90. The van der Waals surface area contributed by atoms with Crippen LogP contribution in [0.15, 0.2) is 97.2 Å². The quantitative estimate of drug-likeness (QED) is 0.0994. The van der Waals surface area contributed by atoms with Crippen molar-refractivity contribution in [3.05, 3.63) is 147 Å². The molecule has 60 heavy (non-hydrogen) atoms. The standard InChI is InChI=1S/C44H45Cl2N11O3/c1-55-37(28-59-27-29-9-3-2-4-10-29)34(42(53-55)36-24-40(46)52-44(48)50-36)22-30-11-5-6-13-32(30)25-57-26-33(41(54-57)35-23-39(45)51-43(47)49-35)21-31-12-7-8-14-38(31)60-20-17-56-15-18-58-19-16-56/h2-14,23-24,26H,15-22,25,27-28H2,1H3,(H2,47,49,51)(H2,48,50,52). The normalized spacial score (nSPS) is 13.2. The number of aryl methyl sites for hydroxylation is 1. The zero-order valence-corrected chi connectivity index (χ0v) is 34.7. The average molecular weight is 847 g/mol. The van der Waals surface area contributed by atoms with Crippen LogP contribution in [0, 0.1) is 0 Å². The number of hydrogen-bond acceptors (Lipinski definition) is 12. The number of aromatic nitrogens is 8. The highest BCUT2D eigenvalue weighted by molar-refractivity contribution is 6.30. The summed E-state index contributed by atoms with van der Waals surface area (Å²) in [5.74, 6) is 0.950. The third-order valence-corrected chi connectivity index (χ3v) is 10.7. The van der Waals surface area contributed by atoms with Crippen molar-refractivity contribution < 1.29 is 14.2 Å². The number of nitrogens with two attached hydrogens (primary N) is 2. The smallest absolute Gasteiger partial charge is 0.222 e. The van der Waals surface area contributed by atoms with E-state index in [9.17, 15) is 0 Å². The van der Waals surface area contributed by atoms with Crippen molar-refractivity contribution in [2.24, 2.45) is 7.05 Å². The number of benzene rings is 3. The first kappa shape index (κ1) is 40.9. The molecule has 4 aromatic heterocycles. The molecule has 3 aromatic carbocycles. The Balaban J connectivity index is 1.10. The molecule has 4 N–H and O–H groups in total. The van der Waals surface area contributed by atoms with Gasteiger partial charge in [-0.3, -0.25) is 14.3 Å². The van der Waals surface area contributed by atoms with Crippen LogP contribution in [-0.4, -0.2) is 83.9 Å². The fourth-order valence-electron chi connectivity index (χ4n) is 7.37. The van der Waals surface area contributed by atoms with Gasteiger partial charge in [0.15, 0.2) is 0 Å². The van der Waals surface area contributed by atoms with E-state index < -0.39 is 0 Å². The topological polar surface area (TPSA) is 170 Å². The fourth-order valence-corrected chi connectivity index (χ4v) is 7.75. The molecular weight excluding hydrogens is 801 g/mol. The van der Waals surface area contributed by atoms with Crippen molar-refractivity contribution in [3.8, 4) is 28.5 Å². The second kappa shape index (κ2) is 19.0. The first-order chi connectivity index (χ1) is 29.3. The Morgan fingerprint density at radius 3 is 2.07 bits per heavy atom. The molecule has 0 unspecified atom stereocenters. The molecule has 0 aliphatic carbocycles. The molecule has 0 atom stereocenters. The maximum Gasteiger partial charge on any atom is 0.222 e. The highest BCUT2D eigenvalue weighted by atomic mass is 35.5. The summed E-state index contributed by atoms with van der Waals surface area (Å²) in [6.07, 6.45) is 3.09. The lowest BCUT2D eigenvalue weighted by atomic mass is 9.97. The Hall–Kier alpha value is -5.90. The minimum atomic E-state index is 0.0653. The summed E-state index contributed by atoms with van der Waals surface area (Å²) < 4.78 is 21.9. The van der Waals surface area contributed by atoms with Gasteiger partial charge in [0.25, 0.3) is 0 Å². The number of morpholine rings is 1. The minimum Gasteiger partial charge on any atom is -0.492 e. The van der Waals surface area contributed by atoms with Gasteiger partial charge in [0.1, 0.15) is 34.1 Å². The monoisotopic (exact) mass is 845 g/mol. The maximum absolute atomic E-state index is 6.41. The number of rotatable bonds is 16. The van der Waals surface area contributed by atoms with Crippen LogP contribution in [0.4, 0.5) is 11.9 Å². The van der Waals surface area contributed by atoms with Crippen molar-refractivity contribution >= 4 is 35.1 Å². The highest BCUT2D eigenvalue weighted by Crippen LogP contribution is 2.32. The van der Waals surface area contributed by atoms with E-state index in [0.29, 0.717) is 62.0 Å². The molecule has 0 amide bonds. The van der Waals surface area contributed by atoms with Crippen LogP contribution in [0.3, 0.4) is 0 Å². The highest BCUT2D eigenvalue weighted by Gasteiger charge is 2.23. The molecule has 1 aliphatic rings. The zero-order chi connectivity index (χ0) is 41.4. The molecule has 1 aliphatic heterocycles. The van der Waals surface area contributed by atoms with E-state index in [2.05, 4.69) is 43.0 Å². The second-order valence-electron chi connectivity index (χ2n) is 14.5. The summed E-state index contributed by atoms with van der Waals surface area (Å²) in [4.78, 5) is 19.6. The lowest BCUT2D eigenvalue weighted by Crippen LogP contribution is -2.38. The van der Waals surface area contributed by atoms with Gasteiger partial charge < -0.3 is 25.7 Å². The number of hydrogen-bond donors (Lipinski definition) is 2. The number of ether oxygens (including phenoxy) is 3. The summed E-state index contributed by atoms with van der Waals surface area (Å²) in [6, 6.07) is 29.8. The van der Waals surface area contributed by atoms with Crippen molar-refractivity contribution in [1.82, 2.24) is 44.4 Å². The molecule has 1 saturated heterocycles. The Kier molecular flexibility index (Phi) is 12.9. The summed E-state index contributed by atoms with van der Waals surface area (Å²) in [7, 11) is 1.90. The number of nitrogens with zero attached hydrogens (tertiary/aromatic N) is 9. The number of anilines is 2. The van der Waals surface area contributed by atoms with E-state index >= 15 is 0 Å². The van der Waals surface area contributed by atoms with Gasteiger partial charge in [-0.05, 0) is 28.3 Å². The molecule has 16 heteroatoms. The molecular formula is C44H45Cl2N11O3. The largest absolute Gasteiger partial charge is 0.492 e. The lowest BCUT2D eigenvalue weighted by Gasteiger charge is -2.26. The predicted octanol–water partition coefficient (Wildman–Crippen LogP) is 6.66. The Morgan fingerprint density at radius 1 is 0.700 bits per heavy atom. The molecule has 8 rings (SSSR count). The van der Waals surface area contributed by atoms with E-state index in [1.54, 1.807) is 12.1 Å². The molecule has 308 valence electrons. The molecule has 0 saturated carbocycles. The van der Waals surface area contributed by atoms with Gasteiger partial charge in [-0.2, -0.15) is 10.2 Å². The SMILES string of the molecule is Cn1nc(-c2cc(Cl)nc(N)n2)c(Cc2ccccc2Cn2cc(Cc3ccccc3OCCN3CCOCC3)c(-c3cc(Cl)nc(N)n3)n2)c1COCc1ccccc1. The summed E-state index contributed by atoms with van der Waals surface area (Å²) in [5.41, 5.74) is 21.5. The first-order valence-corrected chi connectivity index (χ1v) is 20.4. The van der Waals surface area contributed by atoms with E-state index in [4.69, 9.17) is 59.1 Å². The van der Waals surface area contributed by atoms with Gasteiger partial charge in [0, 0.05) is 69.0 Å². The van der Waals surface area contributed by atoms with Crippen LogP contribution in [0.1, 0.15) is 39.1 Å². The second-order valence-corrected chi connectivity index (χ2v) is 15.3. The summed E-state index contributed by atoms with van der Waals surface area (Å²) >= 11 is 12.8.